The van der Waals surface area contributed by atoms with E-state index in [0.717, 1.165) is 4.88 Å². The van der Waals surface area contributed by atoms with Gasteiger partial charge in [-0.15, -0.1) is 11.3 Å². The number of carbonyl (C=O) groups is 2. The Labute approximate surface area is 188 Å². The quantitative estimate of drug-likeness (QED) is 0.328. The van der Waals surface area contributed by atoms with Gasteiger partial charge >= 0.3 is 0 Å². The Kier molecular flexibility index (Phi) is 6.11. The van der Waals surface area contributed by atoms with Crippen LogP contribution < -0.4 is 4.74 Å². The largest absolute Gasteiger partial charge is 0.507 e. The first-order valence-electron chi connectivity index (χ1n) is 9.62. The third kappa shape index (κ3) is 4.08. The second-order valence-electron chi connectivity index (χ2n) is 7.01. The Hall–Kier alpha value is -3.10. The van der Waals surface area contributed by atoms with Gasteiger partial charge in [-0.1, -0.05) is 17.7 Å². The lowest BCUT2D eigenvalue weighted by atomic mass is 9.99. The van der Waals surface area contributed by atoms with E-state index in [1.54, 1.807) is 24.7 Å². The van der Waals surface area contributed by atoms with E-state index in [0.29, 0.717) is 35.8 Å². The number of carbonyl (C=O) groups excluding carboxylic acids is 2. The van der Waals surface area contributed by atoms with Gasteiger partial charge in [0.2, 0.25) is 0 Å². The second kappa shape index (κ2) is 8.95. The standard InChI is InChI=1S/C22H20ClN3O4S/c1-30-16-6-5-14(12-15(16)23)20(27)18-19(17-4-2-11-31-17)26(22(29)21(18)28)9-3-8-25-10-7-24-13-25/h2,4-7,10-13,19,27H,3,8-9H2,1H3. The summed E-state index contributed by atoms with van der Waals surface area (Å²) in [6.45, 7) is 1.03. The fourth-order valence-corrected chi connectivity index (χ4v) is 4.77. The van der Waals surface area contributed by atoms with E-state index in [2.05, 4.69) is 4.98 Å². The molecule has 0 aliphatic carbocycles. The van der Waals surface area contributed by atoms with Crippen LogP contribution in [0.2, 0.25) is 5.02 Å². The molecule has 9 heteroatoms. The molecular formula is C22H20ClN3O4S. The normalized spacial score (nSPS) is 18.0. The van der Waals surface area contributed by atoms with Crippen molar-refractivity contribution < 1.29 is 19.4 Å². The summed E-state index contributed by atoms with van der Waals surface area (Å²) in [7, 11) is 1.49. The summed E-state index contributed by atoms with van der Waals surface area (Å²) in [5, 5.41) is 13.2. The molecule has 1 N–H and O–H groups in total. The van der Waals surface area contributed by atoms with Gasteiger partial charge in [-0.3, -0.25) is 9.59 Å². The van der Waals surface area contributed by atoms with Crippen molar-refractivity contribution in [3.63, 3.8) is 0 Å². The molecule has 1 saturated heterocycles. The molecule has 1 atom stereocenters. The molecule has 3 heterocycles. The molecular weight excluding hydrogens is 438 g/mol. The predicted molar refractivity (Wildman–Crippen MR) is 118 cm³/mol. The molecule has 4 rings (SSSR count). The van der Waals surface area contributed by atoms with E-state index < -0.39 is 17.7 Å². The van der Waals surface area contributed by atoms with Gasteiger partial charge in [0.25, 0.3) is 11.7 Å². The summed E-state index contributed by atoms with van der Waals surface area (Å²) < 4.78 is 7.06. The first-order valence-corrected chi connectivity index (χ1v) is 10.9. The molecule has 2 aromatic heterocycles. The molecule has 160 valence electrons. The molecule has 0 saturated carbocycles. The number of imidazole rings is 1. The van der Waals surface area contributed by atoms with Crippen LogP contribution in [-0.2, 0) is 16.1 Å². The van der Waals surface area contributed by atoms with E-state index in [1.165, 1.54) is 29.4 Å². The maximum atomic E-state index is 13.0. The number of nitrogens with zero attached hydrogens (tertiary/aromatic N) is 3. The Morgan fingerprint density at radius 1 is 1.29 bits per heavy atom. The summed E-state index contributed by atoms with van der Waals surface area (Å²) in [6, 6.07) is 7.81. The molecule has 0 radical (unpaired) electrons. The molecule has 1 unspecified atom stereocenters. The number of amides is 1. The summed E-state index contributed by atoms with van der Waals surface area (Å²) >= 11 is 7.63. The fraction of sp³-hybridized carbons (Fsp3) is 0.227. The Morgan fingerprint density at radius 2 is 2.13 bits per heavy atom. The molecule has 1 amide bonds. The first kappa shape index (κ1) is 21.1. The highest BCUT2D eigenvalue weighted by Gasteiger charge is 2.46. The molecule has 0 spiro atoms. The summed E-state index contributed by atoms with van der Waals surface area (Å²) in [5.74, 6) is -1.12. The van der Waals surface area contributed by atoms with Gasteiger partial charge in [0.05, 0.1) is 30.1 Å². The molecule has 1 aliphatic heterocycles. The number of aryl methyl sites for hydroxylation is 1. The number of ether oxygens (including phenoxy) is 1. The molecule has 31 heavy (non-hydrogen) atoms. The van der Waals surface area contributed by atoms with E-state index in [1.807, 2.05) is 28.3 Å². The summed E-state index contributed by atoms with van der Waals surface area (Å²) in [4.78, 5) is 32.2. The number of thiophene rings is 1. The number of likely N-dealkylation sites (tertiary alicyclic amines) is 1. The highest BCUT2D eigenvalue weighted by Crippen LogP contribution is 2.41. The van der Waals surface area contributed by atoms with Crippen molar-refractivity contribution >= 4 is 40.4 Å². The van der Waals surface area contributed by atoms with Gasteiger partial charge in [-0.05, 0) is 36.1 Å². The third-order valence-electron chi connectivity index (χ3n) is 5.15. The van der Waals surface area contributed by atoms with Crippen LogP contribution in [0.1, 0.15) is 22.9 Å². The number of rotatable bonds is 7. The third-order valence-corrected chi connectivity index (χ3v) is 6.37. The highest BCUT2D eigenvalue weighted by molar-refractivity contribution is 7.10. The van der Waals surface area contributed by atoms with Crippen LogP contribution in [0.3, 0.4) is 0 Å². The van der Waals surface area contributed by atoms with Gasteiger partial charge in [0, 0.05) is 35.9 Å². The van der Waals surface area contributed by atoms with Gasteiger partial charge in [0.15, 0.2) is 0 Å². The minimum atomic E-state index is -0.703. The first-order chi connectivity index (χ1) is 15.0. The minimum Gasteiger partial charge on any atom is -0.507 e. The van der Waals surface area contributed by atoms with Gasteiger partial charge in [-0.2, -0.15) is 0 Å². The van der Waals surface area contributed by atoms with Crippen LogP contribution in [0, 0.1) is 0 Å². The Balaban J connectivity index is 1.70. The Morgan fingerprint density at radius 3 is 2.77 bits per heavy atom. The summed E-state index contributed by atoms with van der Waals surface area (Å²) in [5.41, 5.74) is 0.417. The van der Waals surface area contributed by atoms with Crippen molar-refractivity contribution in [2.75, 3.05) is 13.7 Å². The molecule has 0 bridgehead atoms. The fourth-order valence-electron chi connectivity index (χ4n) is 3.67. The lowest BCUT2D eigenvalue weighted by molar-refractivity contribution is -0.139. The van der Waals surface area contributed by atoms with Crippen molar-refractivity contribution in [2.45, 2.75) is 19.0 Å². The molecule has 1 aliphatic rings. The lowest BCUT2D eigenvalue weighted by Gasteiger charge is -2.24. The smallest absolute Gasteiger partial charge is 0.295 e. The van der Waals surface area contributed by atoms with Crippen molar-refractivity contribution in [2.24, 2.45) is 0 Å². The number of benzene rings is 1. The lowest BCUT2D eigenvalue weighted by Crippen LogP contribution is -2.31. The molecule has 1 aromatic carbocycles. The second-order valence-corrected chi connectivity index (χ2v) is 8.40. The van der Waals surface area contributed by atoms with E-state index in [9.17, 15) is 14.7 Å². The number of hydrogen-bond donors (Lipinski definition) is 1. The predicted octanol–water partition coefficient (Wildman–Crippen LogP) is 4.12. The highest BCUT2D eigenvalue weighted by atomic mass is 35.5. The minimum absolute atomic E-state index is 0.0660. The molecule has 7 nitrogen and oxygen atoms in total. The number of aromatic nitrogens is 2. The SMILES string of the molecule is COc1ccc(C(O)=C2C(=O)C(=O)N(CCCn3ccnc3)C2c2cccs2)cc1Cl. The Bertz CT molecular complexity index is 1130. The monoisotopic (exact) mass is 457 g/mol. The van der Waals surface area contributed by atoms with Crippen LogP contribution in [0.25, 0.3) is 5.76 Å². The number of methoxy groups -OCH3 is 1. The van der Waals surface area contributed by atoms with E-state index in [-0.39, 0.29) is 11.3 Å². The number of Topliss-reactive ketones (excluding diaryl/α,β-unsaturated/α-hetero) is 1. The number of ketones is 1. The van der Waals surface area contributed by atoms with Crippen LogP contribution in [0.4, 0.5) is 0 Å². The van der Waals surface area contributed by atoms with Crippen molar-refractivity contribution in [3.05, 3.63) is 75.5 Å². The van der Waals surface area contributed by atoms with Crippen LogP contribution >= 0.6 is 22.9 Å². The van der Waals surface area contributed by atoms with Gasteiger partial charge < -0.3 is 19.3 Å². The van der Waals surface area contributed by atoms with Gasteiger partial charge in [-0.25, -0.2) is 4.98 Å². The maximum Gasteiger partial charge on any atom is 0.295 e. The zero-order valence-electron chi connectivity index (χ0n) is 16.7. The number of aliphatic hydroxyl groups excluding tert-OH is 1. The van der Waals surface area contributed by atoms with E-state index in [4.69, 9.17) is 16.3 Å². The molecule has 3 aromatic rings. The summed E-state index contributed by atoms with van der Waals surface area (Å²) in [6.07, 6.45) is 5.88. The van der Waals surface area contributed by atoms with Crippen molar-refractivity contribution in [1.82, 2.24) is 14.5 Å². The maximum absolute atomic E-state index is 13.0. The topological polar surface area (TPSA) is 84.7 Å². The van der Waals surface area contributed by atoms with Gasteiger partial charge in [0.1, 0.15) is 11.5 Å². The zero-order chi connectivity index (χ0) is 22.0. The van der Waals surface area contributed by atoms with Crippen LogP contribution in [-0.4, -0.2) is 44.9 Å². The van der Waals surface area contributed by atoms with Crippen LogP contribution in [0.15, 0.2) is 60.0 Å². The molecule has 1 fully saturated rings. The number of halogens is 1. The average Bonchev–Trinajstić information content (AvgIpc) is 3.52. The van der Waals surface area contributed by atoms with Crippen LogP contribution in [0.5, 0.6) is 5.75 Å². The van der Waals surface area contributed by atoms with Crippen molar-refractivity contribution in [1.29, 1.82) is 0 Å². The number of aliphatic hydroxyl groups is 1. The van der Waals surface area contributed by atoms with E-state index >= 15 is 0 Å². The number of hydrogen-bond acceptors (Lipinski definition) is 6. The average molecular weight is 458 g/mol. The van der Waals surface area contributed by atoms with Crippen molar-refractivity contribution in [3.8, 4) is 5.75 Å². The zero-order valence-corrected chi connectivity index (χ0v) is 18.3.